The lowest BCUT2D eigenvalue weighted by Crippen LogP contribution is -2.56. The van der Waals surface area contributed by atoms with Gasteiger partial charge in [-0.1, -0.05) is 18.5 Å². The van der Waals surface area contributed by atoms with Gasteiger partial charge in [0.2, 0.25) is 0 Å². The number of halogens is 3. The van der Waals surface area contributed by atoms with Gasteiger partial charge in [-0.15, -0.1) is 0 Å². The molecule has 2 heterocycles. The van der Waals surface area contributed by atoms with Gasteiger partial charge in [-0.25, -0.2) is 4.39 Å². The molecule has 5 heteroatoms. The predicted octanol–water partition coefficient (Wildman–Crippen LogP) is 4.30. The largest absolute Gasteiger partial charge is 0.364 e. The predicted molar refractivity (Wildman–Crippen MR) is 85.1 cm³/mol. The molecule has 1 aromatic rings. The van der Waals surface area contributed by atoms with Crippen molar-refractivity contribution in [2.24, 2.45) is 0 Å². The zero-order valence-electron chi connectivity index (χ0n) is 11.6. The van der Waals surface area contributed by atoms with E-state index in [0.29, 0.717) is 17.1 Å². The van der Waals surface area contributed by atoms with Gasteiger partial charge in [-0.2, -0.15) is 0 Å². The average Bonchev–Trinajstić information content (AvgIpc) is 2.83. The van der Waals surface area contributed by atoms with Crippen LogP contribution in [0.5, 0.6) is 0 Å². The van der Waals surface area contributed by atoms with Crippen LogP contribution in [0.1, 0.15) is 26.2 Å². The molecule has 1 aromatic carbocycles. The minimum Gasteiger partial charge on any atom is -0.364 e. The van der Waals surface area contributed by atoms with Crippen LogP contribution in [-0.2, 0) is 0 Å². The molecule has 2 nitrogen and oxygen atoms in total. The van der Waals surface area contributed by atoms with Crippen LogP contribution >= 0.6 is 27.5 Å². The maximum Gasteiger partial charge on any atom is 0.125 e. The highest BCUT2D eigenvalue weighted by molar-refractivity contribution is 9.10. The number of piperazine rings is 1. The van der Waals surface area contributed by atoms with Gasteiger partial charge in [-0.05, 0) is 53.9 Å². The molecule has 0 spiro atoms. The van der Waals surface area contributed by atoms with E-state index in [0.717, 1.165) is 29.7 Å². The van der Waals surface area contributed by atoms with E-state index in [-0.39, 0.29) is 5.82 Å². The van der Waals surface area contributed by atoms with Crippen LogP contribution in [0, 0.1) is 5.82 Å². The van der Waals surface area contributed by atoms with E-state index in [1.165, 1.54) is 31.5 Å². The summed E-state index contributed by atoms with van der Waals surface area (Å²) in [6.07, 6.45) is 3.61. The van der Waals surface area contributed by atoms with Crippen LogP contribution < -0.4 is 4.90 Å². The third kappa shape index (κ3) is 2.58. The molecule has 0 radical (unpaired) electrons. The Labute approximate surface area is 133 Å². The molecule has 2 aliphatic heterocycles. The van der Waals surface area contributed by atoms with Crippen molar-refractivity contribution in [2.45, 2.75) is 38.3 Å². The SMILES string of the molecule is CCC1CN2CCCC2CN1c1c(Cl)cc(F)cc1Br. The zero-order valence-corrected chi connectivity index (χ0v) is 13.9. The summed E-state index contributed by atoms with van der Waals surface area (Å²) in [4.78, 5) is 4.97. The molecule has 0 bridgehead atoms. The van der Waals surface area contributed by atoms with Gasteiger partial charge in [0, 0.05) is 29.6 Å². The average molecular weight is 362 g/mol. The number of rotatable bonds is 2. The topological polar surface area (TPSA) is 6.48 Å². The second-order valence-electron chi connectivity index (χ2n) is 5.72. The first-order chi connectivity index (χ1) is 9.60. The van der Waals surface area contributed by atoms with E-state index in [1.54, 1.807) is 0 Å². The molecule has 110 valence electrons. The number of hydrogen-bond donors (Lipinski definition) is 0. The van der Waals surface area contributed by atoms with Crippen LogP contribution in [0.2, 0.25) is 5.02 Å². The molecule has 0 aliphatic carbocycles. The van der Waals surface area contributed by atoms with Crippen molar-refractivity contribution in [3.05, 3.63) is 27.4 Å². The van der Waals surface area contributed by atoms with Gasteiger partial charge >= 0.3 is 0 Å². The van der Waals surface area contributed by atoms with E-state index in [9.17, 15) is 4.39 Å². The minimum atomic E-state index is -0.293. The minimum absolute atomic E-state index is 0.293. The number of anilines is 1. The number of hydrogen-bond acceptors (Lipinski definition) is 2. The van der Waals surface area contributed by atoms with Gasteiger partial charge in [0.25, 0.3) is 0 Å². The first-order valence-corrected chi connectivity index (χ1v) is 8.42. The summed E-state index contributed by atoms with van der Waals surface area (Å²) in [5, 5.41) is 0.502. The third-order valence-electron chi connectivity index (χ3n) is 4.53. The lowest BCUT2D eigenvalue weighted by atomic mass is 10.0. The lowest BCUT2D eigenvalue weighted by molar-refractivity contribution is 0.194. The Morgan fingerprint density at radius 3 is 2.90 bits per heavy atom. The highest BCUT2D eigenvalue weighted by atomic mass is 79.9. The standard InChI is InChI=1S/C15H19BrClFN2/c1-2-11-8-19-5-3-4-12(19)9-20(11)15-13(16)6-10(18)7-14(15)17/h6-7,11-12H,2-5,8-9H2,1H3. The number of benzene rings is 1. The summed E-state index contributed by atoms with van der Waals surface area (Å²) in [6.45, 7) is 5.50. The van der Waals surface area contributed by atoms with Crippen molar-refractivity contribution in [1.29, 1.82) is 0 Å². The van der Waals surface area contributed by atoms with E-state index >= 15 is 0 Å². The van der Waals surface area contributed by atoms with Gasteiger partial charge < -0.3 is 4.90 Å². The maximum atomic E-state index is 13.4. The summed E-state index contributed by atoms with van der Waals surface area (Å²) in [6, 6.07) is 3.99. The Balaban J connectivity index is 1.95. The number of fused-ring (bicyclic) bond motifs is 1. The summed E-state index contributed by atoms with van der Waals surface area (Å²) in [7, 11) is 0. The Kier molecular flexibility index (Phi) is 4.25. The quantitative estimate of drug-likeness (QED) is 0.774. The summed E-state index contributed by atoms with van der Waals surface area (Å²) in [5.74, 6) is -0.293. The Morgan fingerprint density at radius 2 is 2.20 bits per heavy atom. The fourth-order valence-corrected chi connectivity index (χ4v) is 4.61. The number of nitrogens with zero attached hydrogens (tertiary/aromatic N) is 2. The van der Waals surface area contributed by atoms with Gasteiger partial charge in [0.15, 0.2) is 0 Å². The summed E-state index contributed by atoms with van der Waals surface area (Å²) in [5.41, 5.74) is 0.950. The molecule has 2 fully saturated rings. The summed E-state index contributed by atoms with van der Waals surface area (Å²) >= 11 is 9.79. The zero-order chi connectivity index (χ0) is 14.3. The van der Waals surface area contributed by atoms with Gasteiger partial charge in [-0.3, -0.25) is 4.90 Å². The van der Waals surface area contributed by atoms with Crippen LogP contribution in [0.3, 0.4) is 0 Å². The second kappa shape index (κ2) is 5.82. The lowest BCUT2D eigenvalue weighted by Gasteiger charge is -2.45. The van der Waals surface area contributed by atoms with Crippen molar-refractivity contribution in [1.82, 2.24) is 4.90 Å². The first kappa shape index (κ1) is 14.6. The van der Waals surface area contributed by atoms with Crippen LogP contribution in [0.25, 0.3) is 0 Å². The van der Waals surface area contributed by atoms with Crippen molar-refractivity contribution >= 4 is 33.2 Å². The molecule has 20 heavy (non-hydrogen) atoms. The van der Waals surface area contributed by atoms with Gasteiger partial charge in [0.05, 0.1) is 10.7 Å². The van der Waals surface area contributed by atoms with Crippen LogP contribution in [-0.4, -0.2) is 36.6 Å². The second-order valence-corrected chi connectivity index (χ2v) is 6.99. The molecule has 0 N–H and O–H groups in total. The van der Waals surface area contributed by atoms with E-state index in [4.69, 9.17) is 11.6 Å². The molecule has 2 saturated heterocycles. The van der Waals surface area contributed by atoms with E-state index in [1.807, 2.05) is 0 Å². The molecule has 3 rings (SSSR count). The molecule has 0 amide bonds. The van der Waals surface area contributed by atoms with E-state index in [2.05, 4.69) is 32.7 Å². The maximum absolute atomic E-state index is 13.4. The van der Waals surface area contributed by atoms with Crippen molar-refractivity contribution in [3.63, 3.8) is 0 Å². The van der Waals surface area contributed by atoms with Crippen LogP contribution in [0.15, 0.2) is 16.6 Å². The highest BCUT2D eigenvalue weighted by Crippen LogP contribution is 2.39. The Bertz CT molecular complexity index is 488. The van der Waals surface area contributed by atoms with Gasteiger partial charge in [0.1, 0.15) is 5.82 Å². The van der Waals surface area contributed by atoms with E-state index < -0.39 is 0 Å². The molecule has 2 unspecified atom stereocenters. The van der Waals surface area contributed by atoms with Crippen molar-refractivity contribution < 1.29 is 4.39 Å². The first-order valence-electron chi connectivity index (χ1n) is 7.25. The summed E-state index contributed by atoms with van der Waals surface area (Å²) < 4.78 is 14.2. The molecular weight excluding hydrogens is 343 g/mol. The molecule has 0 aromatic heterocycles. The molecule has 2 atom stereocenters. The smallest absolute Gasteiger partial charge is 0.125 e. The molecular formula is C15H19BrClFN2. The fraction of sp³-hybridized carbons (Fsp3) is 0.600. The van der Waals surface area contributed by atoms with Crippen molar-refractivity contribution in [2.75, 3.05) is 24.5 Å². The van der Waals surface area contributed by atoms with Crippen LogP contribution in [0.4, 0.5) is 10.1 Å². The third-order valence-corrected chi connectivity index (χ3v) is 5.43. The Morgan fingerprint density at radius 1 is 1.40 bits per heavy atom. The highest BCUT2D eigenvalue weighted by Gasteiger charge is 2.36. The Hall–Kier alpha value is -0.320. The van der Waals surface area contributed by atoms with Crippen molar-refractivity contribution in [3.8, 4) is 0 Å². The fourth-order valence-electron chi connectivity index (χ4n) is 3.52. The molecule has 2 aliphatic rings. The normalized spacial score (nSPS) is 26.9. The monoisotopic (exact) mass is 360 g/mol. The molecule has 0 saturated carbocycles.